The molecule has 1 aliphatic rings. The number of ether oxygens (including phenoxy) is 1. The molecule has 1 unspecified atom stereocenters. The highest BCUT2D eigenvalue weighted by molar-refractivity contribution is 7.08. The summed E-state index contributed by atoms with van der Waals surface area (Å²) in [5.74, 6) is -0.336. The summed E-state index contributed by atoms with van der Waals surface area (Å²) in [6.07, 6.45) is 1.48. The number of nitrogens with zero attached hydrogens (tertiary/aromatic N) is 3. The predicted octanol–water partition coefficient (Wildman–Crippen LogP) is 1.83. The minimum atomic E-state index is -0.468. The van der Waals surface area contributed by atoms with E-state index in [1.807, 2.05) is 13.8 Å². The second-order valence-corrected chi connectivity index (χ2v) is 5.80. The van der Waals surface area contributed by atoms with Crippen LogP contribution in [0.2, 0.25) is 0 Å². The molecular formula is C13H19N3O3S. The largest absolute Gasteiger partial charge is 0.464 e. The Bertz CT molecular complexity index is 501. The summed E-state index contributed by atoms with van der Waals surface area (Å²) in [6.45, 7) is 6.62. The van der Waals surface area contributed by atoms with Gasteiger partial charge in [0.1, 0.15) is 10.9 Å². The van der Waals surface area contributed by atoms with E-state index in [-0.39, 0.29) is 17.8 Å². The van der Waals surface area contributed by atoms with Crippen molar-refractivity contribution in [3.8, 4) is 0 Å². The lowest BCUT2D eigenvalue weighted by molar-refractivity contribution is -0.147. The van der Waals surface area contributed by atoms with Crippen LogP contribution in [0.1, 0.15) is 54.9 Å². The maximum atomic E-state index is 12.6. The van der Waals surface area contributed by atoms with E-state index in [1.54, 1.807) is 11.8 Å². The first-order valence-electron chi connectivity index (χ1n) is 6.86. The van der Waals surface area contributed by atoms with Crippen molar-refractivity contribution < 1.29 is 14.3 Å². The fraction of sp³-hybridized carbons (Fsp3) is 0.692. The van der Waals surface area contributed by atoms with Crippen LogP contribution in [0.3, 0.4) is 0 Å². The van der Waals surface area contributed by atoms with Crippen molar-refractivity contribution in [3.63, 3.8) is 0 Å². The summed E-state index contributed by atoms with van der Waals surface area (Å²) in [7, 11) is 0. The molecule has 6 nitrogen and oxygen atoms in total. The predicted molar refractivity (Wildman–Crippen MR) is 74.7 cm³/mol. The maximum Gasteiger partial charge on any atom is 0.328 e. The molecule has 1 aromatic heterocycles. The van der Waals surface area contributed by atoms with Crippen molar-refractivity contribution in [3.05, 3.63) is 10.6 Å². The molecule has 2 rings (SSSR count). The number of rotatable bonds is 4. The van der Waals surface area contributed by atoms with Crippen molar-refractivity contribution in [1.82, 2.24) is 14.5 Å². The standard InChI is InChI=1S/C13H19N3O3S/c1-4-19-13(18)9-6-5-7-16(9)12(17)11-10(8(2)3)14-15-20-11/h8-9H,4-7H2,1-3H3. The lowest BCUT2D eigenvalue weighted by atomic mass is 10.1. The van der Waals surface area contributed by atoms with E-state index in [4.69, 9.17) is 4.74 Å². The van der Waals surface area contributed by atoms with E-state index < -0.39 is 6.04 Å². The van der Waals surface area contributed by atoms with Crippen molar-refractivity contribution in [2.24, 2.45) is 0 Å². The number of amides is 1. The first-order valence-corrected chi connectivity index (χ1v) is 7.63. The minimum absolute atomic E-state index is 0.136. The van der Waals surface area contributed by atoms with Gasteiger partial charge in [-0.3, -0.25) is 4.79 Å². The SMILES string of the molecule is CCOC(=O)C1CCCN1C(=O)c1snnc1C(C)C. The number of carbonyl (C=O) groups is 2. The molecule has 2 heterocycles. The molecule has 1 aromatic rings. The molecule has 1 amide bonds. The average Bonchev–Trinajstić information content (AvgIpc) is 3.07. The molecular weight excluding hydrogens is 278 g/mol. The van der Waals surface area contributed by atoms with Crippen LogP contribution >= 0.6 is 11.5 Å². The Morgan fingerprint density at radius 3 is 2.90 bits per heavy atom. The normalized spacial score (nSPS) is 18.6. The van der Waals surface area contributed by atoms with Gasteiger partial charge in [0, 0.05) is 6.54 Å². The van der Waals surface area contributed by atoms with Gasteiger partial charge in [-0.2, -0.15) is 0 Å². The first kappa shape index (κ1) is 14.9. The molecule has 1 atom stereocenters. The fourth-order valence-electron chi connectivity index (χ4n) is 2.35. The summed E-state index contributed by atoms with van der Waals surface area (Å²) in [5, 5.41) is 4.02. The number of likely N-dealkylation sites (tertiary alicyclic amines) is 1. The number of hydrogen-bond donors (Lipinski definition) is 0. The van der Waals surface area contributed by atoms with Crippen LogP contribution in [0.25, 0.3) is 0 Å². The van der Waals surface area contributed by atoms with E-state index in [1.165, 1.54) is 0 Å². The van der Waals surface area contributed by atoms with Crippen LogP contribution in [-0.4, -0.2) is 45.6 Å². The number of aromatic nitrogens is 2. The highest BCUT2D eigenvalue weighted by atomic mass is 32.1. The topological polar surface area (TPSA) is 72.4 Å². The van der Waals surface area contributed by atoms with Crippen LogP contribution in [0.15, 0.2) is 0 Å². The monoisotopic (exact) mass is 297 g/mol. The van der Waals surface area contributed by atoms with E-state index in [0.717, 1.165) is 18.0 Å². The van der Waals surface area contributed by atoms with E-state index >= 15 is 0 Å². The second kappa shape index (κ2) is 6.30. The van der Waals surface area contributed by atoms with Gasteiger partial charge in [-0.1, -0.05) is 18.3 Å². The molecule has 0 aromatic carbocycles. The quantitative estimate of drug-likeness (QED) is 0.793. The Hall–Kier alpha value is -1.50. The average molecular weight is 297 g/mol. The Morgan fingerprint density at radius 2 is 2.25 bits per heavy atom. The van der Waals surface area contributed by atoms with Crippen molar-refractivity contribution in [2.45, 2.75) is 45.6 Å². The zero-order valence-electron chi connectivity index (χ0n) is 12.0. The lowest BCUT2D eigenvalue weighted by Crippen LogP contribution is -2.41. The highest BCUT2D eigenvalue weighted by Gasteiger charge is 2.37. The molecule has 0 radical (unpaired) electrons. The Morgan fingerprint density at radius 1 is 1.50 bits per heavy atom. The fourth-order valence-corrected chi connectivity index (χ4v) is 3.12. The first-order chi connectivity index (χ1) is 9.56. The van der Waals surface area contributed by atoms with Gasteiger partial charge in [0.25, 0.3) is 5.91 Å². The molecule has 1 aliphatic heterocycles. The molecule has 1 saturated heterocycles. The maximum absolute atomic E-state index is 12.6. The van der Waals surface area contributed by atoms with Gasteiger partial charge in [-0.15, -0.1) is 5.10 Å². The van der Waals surface area contributed by atoms with Crippen LogP contribution in [0, 0.1) is 0 Å². The van der Waals surface area contributed by atoms with Gasteiger partial charge in [0.05, 0.1) is 12.3 Å². The van der Waals surface area contributed by atoms with Gasteiger partial charge in [0.15, 0.2) is 0 Å². The Balaban J connectivity index is 2.19. The Labute approximate surface area is 122 Å². The van der Waals surface area contributed by atoms with E-state index in [2.05, 4.69) is 9.59 Å². The van der Waals surface area contributed by atoms with E-state index in [9.17, 15) is 9.59 Å². The lowest BCUT2D eigenvalue weighted by Gasteiger charge is -2.22. The van der Waals surface area contributed by atoms with Gasteiger partial charge < -0.3 is 9.64 Å². The van der Waals surface area contributed by atoms with Crippen molar-refractivity contribution in [2.75, 3.05) is 13.2 Å². The number of carbonyl (C=O) groups excluding carboxylic acids is 2. The summed E-state index contributed by atoms with van der Waals surface area (Å²) in [4.78, 5) is 26.6. The van der Waals surface area contributed by atoms with Gasteiger partial charge >= 0.3 is 5.97 Å². The van der Waals surface area contributed by atoms with Gasteiger partial charge in [-0.05, 0) is 37.2 Å². The molecule has 20 heavy (non-hydrogen) atoms. The molecule has 7 heteroatoms. The third-order valence-electron chi connectivity index (χ3n) is 3.33. The van der Waals surface area contributed by atoms with Crippen LogP contribution in [0.5, 0.6) is 0 Å². The molecule has 0 saturated carbocycles. The van der Waals surface area contributed by atoms with Crippen LogP contribution in [-0.2, 0) is 9.53 Å². The Kier molecular flexibility index (Phi) is 4.69. The van der Waals surface area contributed by atoms with Crippen LogP contribution in [0.4, 0.5) is 0 Å². The minimum Gasteiger partial charge on any atom is -0.464 e. The zero-order chi connectivity index (χ0) is 14.7. The summed E-state index contributed by atoms with van der Waals surface area (Å²) < 4.78 is 8.91. The molecule has 0 aliphatic carbocycles. The smallest absolute Gasteiger partial charge is 0.328 e. The highest BCUT2D eigenvalue weighted by Crippen LogP contribution is 2.26. The van der Waals surface area contributed by atoms with E-state index in [0.29, 0.717) is 30.1 Å². The third kappa shape index (κ3) is 2.82. The molecule has 0 bridgehead atoms. The van der Waals surface area contributed by atoms with Crippen LogP contribution < -0.4 is 0 Å². The van der Waals surface area contributed by atoms with Gasteiger partial charge in [0.2, 0.25) is 0 Å². The molecule has 0 N–H and O–H groups in total. The molecule has 1 fully saturated rings. The number of esters is 1. The van der Waals surface area contributed by atoms with Crippen molar-refractivity contribution in [1.29, 1.82) is 0 Å². The summed E-state index contributed by atoms with van der Waals surface area (Å²) >= 11 is 1.10. The van der Waals surface area contributed by atoms with Gasteiger partial charge in [-0.25, -0.2) is 4.79 Å². The second-order valence-electron chi connectivity index (χ2n) is 5.05. The summed E-state index contributed by atoms with van der Waals surface area (Å²) in [6, 6.07) is -0.468. The number of hydrogen-bond acceptors (Lipinski definition) is 6. The molecule has 0 spiro atoms. The summed E-state index contributed by atoms with van der Waals surface area (Å²) in [5.41, 5.74) is 0.703. The zero-order valence-corrected chi connectivity index (χ0v) is 12.8. The van der Waals surface area contributed by atoms with Crippen molar-refractivity contribution >= 4 is 23.4 Å². The third-order valence-corrected chi connectivity index (χ3v) is 4.06. The molecule has 110 valence electrons.